The molecule has 0 N–H and O–H groups in total. The summed E-state index contributed by atoms with van der Waals surface area (Å²) in [7, 11) is -3.60. The van der Waals surface area contributed by atoms with Crippen molar-refractivity contribution in [3.05, 3.63) is 65.7 Å². The predicted octanol–water partition coefficient (Wildman–Crippen LogP) is 3.85. The lowest BCUT2D eigenvalue weighted by Gasteiger charge is -2.26. The van der Waals surface area contributed by atoms with Crippen molar-refractivity contribution in [3.8, 4) is 0 Å². The molecule has 0 radical (unpaired) electrons. The smallest absolute Gasteiger partial charge is 0.226 e. The van der Waals surface area contributed by atoms with Gasteiger partial charge in [0, 0.05) is 37.7 Å². The normalized spacial score (nSPS) is 18.1. The summed E-state index contributed by atoms with van der Waals surface area (Å²) < 4.78 is 25.9. The summed E-state index contributed by atoms with van der Waals surface area (Å²) >= 11 is 0. The number of benzene rings is 2. The van der Waals surface area contributed by atoms with Gasteiger partial charge in [-0.05, 0) is 54.7 Å². The van der Waals surface area contributed by atoms with E-state index < -0.39 is 9.84 Å². The fourth-order valence-electron chi connectivity index (χ4n) is 4.66. The average molecular weight is 467 g/mol. The fraction of sp³-hybridized carbons (Fsp3) is 0.385. The average Bonchev–Trinajstić information content (AvgIpc) is 3.17. The SMILES string of the molecule is CCC(=O)N1c2ccc(S(=O)(=O)CCC(=O)N3CC=C(c4ccccc4)CC3)cc2CC1C. The summed E-state index contributed by atoms with van der Waals surface area (Å²) in [6.07, 6.45) is 3.82. The molecule has 0 spiro atoms. The zero-order valence-electron chi connectivity index (χ0n) is 19.2. The van der Waals surface area contributed by atoms with Gasteiger partial charge in [-0.3, -0.25) is 9.59 Å². The second kappa shape index (κ2) is 9.51. The predicted molar refractivity (Wildman–Crippen MR) is 130 cm³/mol. The van der Waals surface area contributed by atoms with Crippen molar-refractivity contribution in [1.82, 2.24) is 4.90 Å². The van der Waals surface area contributed by atoms with Gasteiger partial charge < -0.3 is 9.80 Å². The summed E-state index contributed by atoms with van der Waals surface area (Å²) in [4.78, 5) is 28.6. The summed E-state index contributed by atoms with van der Waals surface area (Å²) in [5, 5.41) is 0. The Kier molecular flexibility index (Phi) is 6.70. The summed E-state index contributed by atoms with van der Waals surface area (Å²) in [6, 6.07) is 15.1. The van der Waals surface area contributed by atoms with Crippen LogP contribution in [0.2, 0.25) is 0 Å². The number of carbonyl (C=O) groups is 2. The van der Waals surface area contributed by atoms with Crippen molar-refractivity contribution in [2.75, 3.05) is 23.7 Å². The number of nitrogens with zero attached hydrogens (tertiary/aromatic N) is 2. The first-order valence-electron chi connectivity index (χ1n) is 11.5. The maximum absolute atomic E-state index is 12.9. The van der Waals surface area contributed by atoms with Gasteiger partial charge in [-0.1, -0.05) is 43.3 Å². The van der Waals surface area contributed by atoms with Gasteiger partial charge in [0.25, 0.3) is 0 Å². The van der Waals surface area contributed by atoms with Crippen LogP contribution in [0.3, 0.4) is 0 Å². The standard InChI is InChI=1S/C26H30N2O4S/c1-3-25(29)28-19(2)17-22-18-23(9-10-24(22)28)33(31,32)16-13-26(30)27-14-11-21(12-15-27)20-7-5-4-6-8-20/h4-11,18-19H,3,12-17H2,1-2H3. The van der Waals surface area contributed by atoms with Crippen molar-refractivity contribution in [2.45, 2.75) is 50.5 Å². The van der Waals surface area contributed by atoms with Crippen molar-refractivity contribution in [3.63, 3.8) is 0 Å². The molecule has 2 aromatic carbocycles. The van der Waals surface area contributed by atoms with Crippen LogP contribution >= 0.6 is 0 Å². The van der Waals surface area contributed by atoms with Crippen molar-refractivity contribution >= 4 is 32.9 Å². The minimum absolute atomic E-state index is 0.0138. The van der Waals surface area contributed by atoms with Gasteiger partial charge in [-0.15, -0.1) is 0 Å². The molecule has 7 heteroatoms. The Morgan fingerprint density at radius 3 is 2.48 bits per heavy atom. The molecular weight excluding hydrogens is 436 g/mol. The second-order valence-corrected chi connectivity index (χ2v) is 10.8. The summed E-state index contributed by atoms with van der Waals surface area (Å²) in [5.74, 6) is -0.325. The molecule has 4 rings (SSSR count). The fourth-order valence-corrected chi connectivity index (χ4v) is 5.94. The van der Waals surface area contributed by atoms with Crippen molar-refractivity contribution < 1.29 is 18.0 Å². The zero-order valence-corrected chi connectivity index (χ0v) is 20.0. The molecule has 2 aromatic rings. The van der Waals surface area contributed by atoms with Gasteiger partial charge in [0.05, 0.1) is 10.6 Å². The molecule has 174 valence electrons. The molecule has 0 saturated heterocycles. The molecule has 0 fully saturated rings. The molecule has 6 nitrogen and oxygen atoms in total. The molecule has 0 aromatic heterocycles. The van der Waals surface area contributed by atoms with E-state index in [4.69, 9.17) is 0 Å². The third-order valence-electron chi connectivity index (χ3n) is 6.49. The van der Waals surface area contributed by atoms with E-state index in [0.717, 1.165) is 23.2 Å². The van der Waals surface area contributed by atoms with Crippen LogP contribution in [-0.4, -0.2) is 50.0 Å². The van der Waals surface area contributed by atoms with Crippen LogP contribution < -0.4 is 4.90 Å². The van der Waals surface area contributed by atoms with E-state index in [1.165, 1.54) is 5.57 Å². The quantitative estimate of drug-likeness (QED) is 0.648. The molecule has 0 bridgehead atoms. The van der Waals surface area contributed by atoms with E-state index >= 15 is 0 Å². The number of hydrogen-bond acceptors (Lipinski definition) is 4. The minimum Gasteiger partial charge on any atom is -0.339 e. The Morgan fingerprint density at radius 1 is 1.06 bits per heavy atom. The van der Waals surface area contributed by atoms with Gasteiger partial charge in [-0.2, -0.15) is 0 Å². The van der Waals surface area contributed by atoms with E-state index in [9.17, 15) is 18.0 Å². The Balaban J connectivity index is 1.39. The maximum atomic E-state index is 12.9. The Bertz CT molecular complexity index is 1190. The minimum atomic E-state index is -3.60. The van der Waals surface area contributed by atoms with E-state index in [1.54, 1.807) is 28.0 Å². The number of amides is 2. The van der Waals surface area contributed by atoms with E-state index in [0.29, 0.717) is 25.9 Å². The van der Waals surface area contributed by atoms with E-state index in [2.05, 4.69) is 18.2 Å². The summed E-state index contributed by atoms with van der Waals surface area (Å²) in [6.45, 7) is 4.89. The van der Waals surface area contributed by atoms with Crippen LogP contribution in [0, 0.1) is 0 Å². The number of sulfone groups is 1. The molecule has 0 aliphatic carbocycles. The number of carbonyl (C=O) groups excluding carboxylic acids is 2. The van der Waals surface area contributed by atoms with Crippen LogP contribution in [0.25, 0.3) is 5.57 Å². The molecule has 2 aliphatic heterocycles. The zero-order chi connectivity index (χ0) is 23.6. The first-order chi connectivity index (χ1) is 15.8. The highest BCUT2D eigenvalue weighted by molar-refractivity contribution is 7.91. The molecule has 2 aliphatic rings. The Morgan fingerprint density at radius 2 is 1.82 bits per heavy atom. The highest BCUT2D eigenvalue weighted by Crippen LogP contribution is 2.34. The maximum Gasteiger partial charge on any atom is 0.226 e. The van der Waals surface area contributed by atoms with Gasteiger partial charge >= 0.3 is 0 Å². The molecule has 2 amide bonds. The second-order valence-electron chi connectivity index (χ2n) is 8.71. The molecule has 2 heterocycles. The van der Waals surface area contributed by atoms with Crippen molar-refractivity contribution in [2.24, 2.45) is 0 Å². The number of hydrogen-bond donors (Lipinski definition) is 0. The molecule has 1 unspecified atom stereocenters. The topological polar surface area (TPSA) is 74.8 Å². The number of anilines is 1. The van der Waals surface area contributed by atoms with Crippen molar-refractivity contribution in [1.29, 1.82) is 0 Å². The van der Waals surface area contributed by atoms with E-state index in [-0.39, 0.29) is 34.9 Å². The third kappa shape index (κ3) is 4.88. The van der Waals surface area contributed by atoms with Crippen LogP contribution in [0.5, 0.6) is 0 Å². The first kappa shape index (κ1) is 23.2. The summed E-state index contributed by atoms with van der Waals surface area (Å²) in [5.41, 5.74) is 4.04. The van der Waals surface area contributed by atoms with Gasteiger partial charge in [0.1, 0.15) is 0 Å². The number of fused-ring (bicyclic) bond motifs is 1. The molecular formula is C26H30N2O4S. The Hall–Kier alpha value is -2.93. The number of rotatable bonds is 6. The largest absolute Gasteiger partial charge is 0.339 e. The molecule has 33 heavy (non-hydrogen) atoms. The lowest BCUT2D eigenvalue weighted by atomic mass is 9.99. The van der Waals surface area contributed by atoms with Gasteiger partial charge in [0.2, 0.25) is 11.8 Å². The van der Waals surface area contributed by atoms with Crippen LogP contribution in [-0.2, 0) is 25.8 Å². The lowest BCUT2D eigenvalue weighted by Crippen LogP contribution is -2.35. The highest BCUT2D eigenvalue weighted by Gasteiger charge is 2.31. The molecule has 0 saturated carbocycles. The first-order valence-corrected chi connectivity index (χ1v) is 13.2. The van der Waals surface area contributed by atoms with Crippen LogP contribution in [0.1, 0.15) is 44.2 Å². The van der Waals surface area contributed by atoms with E-state index in [1.807, 2.05) is 32.0 Å². The third-order valence-corrected chi connectivity index (χ3v) is 8.20. The molecule has 1 atom stereocenters. The Labute approximate surface area is 195 Å². The van der Waals surface area contributed by atoms with Gasteiger partial charge in [0.15, 0.2) is 9.84 Å². The van der Waals surface area contributed by atoms with Crippen LogP contribution in [0.4, 0.5) is 5.69 Å². The highest BCUT2D eigenvalue weighted by atomic mass is 32.2. The van der Waals surface area contributed by atoms with Gasteiger partial charge in [-0.25, -0.2) is 8.42 Å². The lowest BCUT2D eigenvalue weighted by molar-refractivity contribution is -0.130. The van der Waals surface area contributed by atoms with Crippen LogP contribution in [0.15, 0.2) is 59.5 Å². The monoisotopic (exact) mass is 466 g/mol.